The summed E-state index contributed by atoms with van der Waals surface area (Å²) in [4.78, 5) is 9.79. The molecule has 0 radical (unpaired) electrons. The van der Waals surface area contributed by atoms with Crippen molar-refractivity contribution in [2.24, 2.45) is 4.99 Å². The second-order valence-electron chi connectivity index (χ2n) is 6.90. The highest BCUT2D eigenvalue weighted by atomic mass is 19.1. The highest BCUT2D eigenvalue weighted by molar-refractivity contribution is 5.83. The summed E-state index contributed by atoms with van der Waals surface area (Å²) in [7, 11) is 3.83. The molecular formula is C22H28FN5. The van der Waals surface area contributed by atoms with Crippen LogP contribution in [-0.4, -0.2) is 49.6 Å². The Morgan fingerprint density at radius 3 is 2.61 bits per heavy atom. The molecule has 0 aliphatic rings. The van der Waals surface area contributed by atoms with Gasteiger partial charge in [0.25, 0.3) is 0 Å². The van der Waals surface area contributed by atoms with Crippen LogP contribution in [-0.2, 0) is 13.0 Å². The highest BCUT2D eigenvalue weighted by Gasteiger charge is 2.05. The zero-order valence-corrected chi connectivity index (χ0v) is 16.5. The second-order valence-corrected chi connectivity index (χ2v) is 6.90. The van der Waals surface area contributed by atoms with E-state index in [4.69, 9.17) is 0 Å². The van der Waals surface area contributed by atoms with Crippen LogP contribution >= 0.6 is 0 Å². The lowest BCUT2D eigenvalue weighted by Crippen LogP contribution is -2.41. The molecule has 0 spiro atoms. The van der Waals surface area contributed by atoms with Crippen molar-refractivity contribution in [2.45, 2.75) is 13.0 Å². The lowest BCUT2D eigenvalue weighted by Gasteiger charge is -2.18. The number of hydrogen-bond acceptors (Lipinski definition) is 2. The first-order valence-electron chi connectivity index (χ1n) is 9.58. The largest absolute Gasteiger partial charge is 0.361 e. The Morgan fingerprint density at radius 2 is 1.82 bits per heavy atom. The molecule has 0 aliphatic heterocycles. The molecule has 1 heterocycles. The van der Waals surface area contributed by atoms with E-state index in [1.165, 1.54) is 28.6 Å². The summed E-state index contributed by atoms with van der Waals surface area (Å²) in [5.41, 5.74) is 3.58. The van der Waals surface area contributed by atoms with E-state index in [1.807, 2.05) is 18.2 Å². The van der Waals surface area contributed by atoms with Gasteiger partial charge in [-0.3, -0.25) is 4.99 Å². The van der Waals surface area contributed by atoms with E-state index < -0.39 is 0 Å². The van der Waals surface area contributed by atoms with Crippen molar-refractivity contribution < 1.29 is 4.39 Å². The van der Waals surface area contributed by atoms with Gasteiger partial charge in [0.2, 0.25) is 0 Å². The van der Waals surface area contributed by atoms with E-state index in [9.17, 15) is 4.39 Å². The van der Waals surface area contributed by atoms with E-state index >= 15 is 0 Å². The van der Waals surface area contributed by atoms with Gasteiger partial charge in [-0.2, -0.15) is 0 Å². The van der Waals surface area contributed by atoms with E-state index in [1.54, 1.807) is 7.05 Å². The number of fused-ring (bicyclic) bond motifs is 1. The molecule has 0 saturated heterocycles. The average molecular weight is 381 g/mol. The Hall–Kier alpha value is -2.86. The second kappa shape index (κ2) is 9.90. The lowest BCUT2D eigenvalue weighted by atomic mass is 10.1. The van der Waals surface area contributed by atoms with Gasteiger partial charge in [-0.25, -0.2) is 4.39 Å². The van der Waals surface area contributed by atoms with Crippen LogP contribution in [0.4, 0.5) is 4.39 Å². The summed E-state index contributed by atoms with van der Waals surface area (Å²) in [5.74, 6) is 0.602. The van der Waals surface area contributed by atoms with E-state index in [0.717, 1.165) is 44.1 Å². The molecule has 0 fully saturated rings. The molecule has 5 nitrogen and oxygen atoms in total. The van der Waals surface area contributed by atoms with Gasteiger partial charge in [0.1, 0.15) is 5.82 Å². The minimum Gasteiger partial charge on any atom is -0.361 e. The Bertz CT molecular complexity index is 901. The van der Waals surface area contributed by atoms with Crippen LogP contribution in [0.2, 0.25) is 0 Å². The van der Waals surface area contributed by atoms with Crippen molar-refractivity contribution in [3.8, 4) is 0 Å². The predicted molar refractivity (Wildman–Crippen MR) is 114 cm³/mol. The lowest BCUT2D eigenvalue weighted by molar-refractivity contribution is 0.331. The quantitative estimate of drug-likeness (QED) is 0.415. The Labute approximate surface area is 165 Å². The molecule has 3 rings (SSSR count). The molecule has 6 heteroatoms. The topological polar surface area (TPSA) is 55.5 Å². The number of benzene rings is 2. The number of aromatic amines is 1. The van der Waals surface area contributed by atoms with Crippen molar-refractivity contribution >= 4 is 16.9 Å². The van der Waals surface area contributed by atoms with Crippen LogP contribution in [0.1, 0.15) is 11.1 Å². The molecule has 0 saturated carbocycles. The van der Waals surface area contributed by atoms with E-state index in [2.05, 4.69) is 57.0 Å². The number of hydrogen-bond donors (Lipinski definition) is 3. The zero-order valence-electron chi connectivity index (χ0n) is 16.5. The molecule has 28 heavy (non-hydrogen) atoms. The maximum absolute atomic E-state index is 13.0. The number of nitrogens with zero attached hydrogens (tertiary/aromatic N) is 2. The van der Waals surface area contributed by atoms with Gasteiger partial charge in [0.05, 0.1) is 0 Å². The third kappa shape index (κ3) is 5.57. The number of aliphatic imine (C=N–C) groups is 1. The summed E-state index contributed by atoms with van der Waals surface area (Å²) in [6.07, 6.45) is 3.00. The first kappa shape index (κ1) is 19.9. The SMILES string of the molecule is CN=C(NCCc1c[nH]c2ccccc12)NCCN(C)Cc1ccc(F)cc1. The smallest absolute Gasteiger partial charge is 0.191 e. The average Bonchev–Trinajstić information content (AvgIpc) is 3.12. The Morgan fingerprint density at radius 1 is 1.07 bits per heavy atom. The molecule has 0 atom stereocenters. The number of para-hydroxylation sites is 1. The molecule has 3 N–H and O–H groups in total. The van der Waals surface area contributed by atoms with Crippen LogP contribution in [0, 0.1) is 5.82 Å². The molecule has 1 aromatic heterocycles. The highest BCUT2D eigenvalue weighted by Crippen LogP contribution is 2.17. The van der Waals surface area contributed by atoms with Crippen molar-refractivity contribution in [3.05, 3.63) is 71.7 Å². The molecule has 148 valence electrons. The number of H-pyrrole nitrogens is 1. The van der Waals surface area contributed by atoms with Crippen LogP contribution in [0.15, 0.2) is 59.7 Å². The monoisotopic (exact) mass is 381 g/mol. The van der Waals surface area contributed by atoms with Crippen molar-refractivity contribution in [1.82, 2.24) is 20.5 Å². The summed E-state index contributed by atoms with van der Waals surface area (Å²) in [6.45, 7) is 3.24. The number of nitrogens with one attached hydrogen (secondary N) is 3. The van der Waals surface area contributed by atoms with Crippen molar-refractivity contribution in [1.29, 1.82) is 0 Å². The Kier molecular flexibility index (Phi) is 7.03. The fraction of sp³-hybridized carbons (Fsp3) is 0.318. The van der Waals surface area contributed by atoms with Gasteiger partial charge in [-0.1, -0.05) is 30.3 Å². The molecular weight excluding hydrogens is 353 g/mol. The number of likely N-dealkylation sites (N-methyl/N-ethyl adjacent to an activating group) is 1. The van der Waals surface area contributed by atoms with Crippen molar-refractivity contribution in [3.63, 3.8) is 0 Å². The minimum atomic E-state index is -0.199. The third-order valence-electron chi connectivity index (χ3n) is 4.74. The van der Waals surface area contributed by atoms with Gasteiger partial charge in [0.15, 0.2) is 5.96 Å². The molecule has 0 aliphatic carbocycles. The summed E-state index contributed by atoms with van der Waals surface area (Å²) < 4.78 is 13.0. The normalized spacial score (nSPS) is 11.9. The van der Waals surface area contributed by atoms with Gasteiger partial charge in [-0.15, -0.1) is 0 Å². The fourth-order valence-electron chi connectivity index (χ4n) is 3.22. The molecule has 3 aromatic rings. The van der Waals surface area contributed by atoms with Crippen LogP contribution < -0.4 is 10.6 Å². The minimum absolute atomic E-state index is 0.199. The summed E-state index contributed by atoms with van der Waals surface area (Å²) in [5, 5.41) is 7.98. The van der Waals surface area contributed by atoms with E-state index in [-0.39, 0.29) is 5.82 Å². The maximum Gasteiger partial charge on any atom is 0.191 e. The summed E-state index contributed by atoms with van der Waals surface area (Å²) >= 11 is 0. The first-order chi connectivity index (χ1) is 13.7. The summed E-state index contributed by atoms with van der Waals surface area (Å²) in [6, 6.07) is 15.0. The van der Waals surface area contributed by atoms with Gasteiger partial charge in [0, 0.05) is 50.3 Å². The standard InChI is InChI=1S/C22H28FN5/c1-24-22(25-12-11-18-15-27-21-6-4-3-5-20(18)21)26-13-14-28(2)16-17-7-9-19(23)10-8-17/h3-10,15,27H,11-14,16H2,1-2H3,(H2,24,25,26). The van der Waals surface area contributed by atoms with Gasteiger partial charge in [-0.05, 0) is 42.8 Å². The van der Waals surface area contributed by atoms with Gasteiger partial charge >= 0.3 is 0 Å². The zero-order chi connectivity index (χ0) is 19.8. The van der Waals surface area contributed by atoms with Crippen LogP contribution in [0.3, 0.4) is 0 Å². The number of halogens is 1. The number of aromatic nitrogens is 1. The molecule has 0 amide bonds. The third-order valence-corrected chi connectivity index (χ3v) is 4.74. The number of rotatable bonds is 8. The first-order valence-corrected chi connectivity index (χ1v) is 9.58. The van der Waals surface area contributed by atoms with E-state index in [0.29, 0.717) is 0 Å². The maximum atomic E-state index is 13.0. The van der Waals surface area contributed by atoms with Crippen LogP contribution in [0.5, 0.6) is 0 Å². The Balaban J connectivity index is 1.38. The fourth-order valence-corrected chi connectivity index (χ4v) is 3.22. The molecule has 0 unspecified atom stereocenters. The van der Waals surface area contributed by atoms with Crippen molar-refractivity contribution in [2.75, 3.05) is 33.7 Å². The molecule has 0 bridgehead atoms. The van der Waals surface area contributed by atoms with Gasteiger partial charge < -0.3 is 20.5 Å². The number of guanidine groups is 1. The van der Waals surface area contributed by atoms with Crippen LogP contribution in [0.25, 0.3) is 10.9 Å². The predicted octanol–water partition coefficient (Wildman–Crippen LogP) is 3.15. The molecule has 2 aromatic carbocycles.